The molecule has 2 atom stereocenters. The van der Waals surface area contributed by atoms with Gasteiger partial charge in [0.2, 0.25) is 11.8 Å². The van der Waals surface area contributed by atoms with Crippen molar-refractivity contribution >= 4 is 17.8 Å². The van der Waals surface area contributed by atoms with E-state index < -0.39 is 24.3 Å². The molecule has 0 aromatic heterocycles. The molecule has 5 N–H and O–H groups in total. The number of amides is 2. The van der Waals surface area contributed by atoms with Gasteiger partial charge in [-0.3, -0.25) is 19.3 Å². The van der Waals surface area contributed by atoms with Gasteiger partial charge in [0.15, 0.2) is 0 Å². The average molecular weight is 386 g/mol. The Morgan fingerprint density at radius 1 is 0.778 bits per heavy atom. The van der Waals surface area contributed by atoms with Gasteiger partial charge in [0, 0.05) is 24.9 Å². The molecule has 0 aromatic carbocycles. The van der Waals surface area contributed by atoms with Gasteiger partial charge in [-0.05, 0) is 12.8 Å². The largest absolute Gasteiger partial charge is 0.480 e. The normalized spacial score (nSPS) is 13.2. The number of nitrogens with zero attached hydrogens (tertiary/aromatic N) is 1. The van der Waals surface area contributed by atoms with Gasteiger partial charge in [0.05, 0.1) is 0 Å². The summed E-state index contributed by atoms with van der Waals surface area (Å²) in [6.45, 7) is 3.59. The maximum atomic E-state index is 12.4. The number of carbonyl (C=O) groups is 3. The third-order valence-corrected chi connectivity index (χ3v) is 4.63. The summed E-state index contributed by atoms with van der Waals surface area (Å²) in [5.41, 5.74) is 12.0. The number of unbranched alkanes of at least 4 members (excludes halogenated alkanes) is 6. The van der Waals surface area contributed by atoms with E-state index in [4.69, 9.17) is 16.6 Å². The van der Waals surface area contributed by atoms with Crippen molar-refractivity contribution in [1.82, 2.24) is 4.90 Å². The van der Waals surface area contributed by atoms with Crippen LogP contribution in [0.25, 0.3) is 0 Å². The maximum absolute atomic E-state index is 12.4. The number of hydrogen-bond donors (Lipinski definition) is 3. The molecule has 2 amide bonds. The Morgan fingerprint density at radius 2 is 1.19 bits per heavy atom. The highest BCUT2D eigenvalue weighted by atomic mass is 16.4. The fourth-order valence-corrected chi connectivity index (χ4v) is 2.99. The van der Waals surface area contributed by atoms with Crippen molar-refractivity contribution in [3.05, 3.63) is 0 Å². The van der Waals surface area contributed by atoms with Crippen LogP contribution < -0.4 is 11.5 Å². The Morgan fingerprint density at radius 3 is 1.63 bits per heavy atom. The first-order valence-corrected chi connectivity index (χ1v) is 10.4. The smallest absolute Gasteiger partial charge is 0.323 e. The van der Waals surface area contributed by atoms with Gasteiger partial charge in [-0.25, -0.2) is 0 Å². The summed E-state index contributed by atoms with van der Waals surface area (Å²) in [6, 6.07) is -0.721. The zero-order valence-corrected chi connectivity index (χ0v) is 17.1. The van der Waals surface area contributed by atoms with Crippen LogP contribution in [0.2, 0.25) is 0 Å². The molecule has 0 aliphatic carbocycles. The van der Waals surface area contributed by atoms with Crippen LogP contribution in [0.5, 0.6) is 0 Å². The molecule has 0 heterocycles. The molecule has 0 radical (unpaired) electrons. The Labute approximate surface area is 163 Å². The van der Waals surface area contributed by atoms with Crippen LogP contribution in [-0.4, -0.2) is 46.4 Å². The highest BCUT2D eigenvalue weighted by molar-refractivity contribution is 5.98. The minimum Gasteiger partial charge on any atom is -0.480 e. The predicted octanol–water partition coefficient (Wildman–Crippen LogP) is 2.80. The number of hydrogen-bond acceptors (Lipinski definition) is 5. The lowest BCUT2D eigenvalue weighted by molar-refractivity contribution is -0.153. The van der Waals surface area contributed by atoms with E-state index in [1.165, 1.54) is 6.42 Å². The Kier molecular flexibility index (Phi) is 14.7. The van der Waals surface area contributed by atoms with Gasteiger partial charge in [0.25, 0.3) is 0 Å². The summed E-state index contributed by atoms with van der Waals surface area (Å²) in [5.74, 6) is -2.27. The monoisotopic (exact) mass is 385 g/mol. The molecule has 0 bridgehead atoms. The molecular formula is C20H39N3O4. The van der Waals surface area contributed by atoms with Gasteiger partial charge >= 0.3 is 5.97 Å². The standard InChI is InChI=1S/C20H39N3O4/c1-3-5-7-8-10-12-17(22)14-19(25)23(15-20(26)27)18(24)13-16(21)11-9-6-4-2/h16-17H,3-15,21-22H2,1-2H3,(H,26,27)/t16-,17-/m0/s1. The second-order valence-corrected chi connectivity index (χ2v) is 7.39. The number of imide groups is 1. The van der Waals surface area contributed by atoms with Gasteiger partial charge in [-0.1, -0.05) is 65.2 Å². The highest BCUT2D eigenvalue weighted by Gasteiger charge is 2.26. The molecule has 0 fully saturated rings. The summed E-state index contributed by atoms with van der Waals surface area (Å²) in [5, 5.41) is 9.04. The molecule has 0 aromatic rings. The van der Waals surface area contributed by atoms with E-state index in [-0.39, 0.29) is 24.9 Å². The number of nitrogens with two attached hydrogens (primary N) is 2. The summed E-state index contributed by atoms with van der Waals surface area (Å²) >= 11 is 0. The van der Waals surface area contributed by atoms with Crippen molar-refractivity contribution in [3.63, 3.8) is 0 Å². The minimum absolute atomic E-state index is 0.0160. The molecule has 7 heteroatoms. The molecule has 27 heavy (non-hydrogen) atoms. The fraction of sp³-hybridized carbons (Fsp3) is 0.850. The molecule has 0 aliphatic rings. The SMILES string of the molecule is CCCCCCC[C@H](N)CC(=O)N(CC(=O)O)C(=O)C[C@@H](N)CCCCC. The number of carbonyl (C=O) groups excluding carboxylic acids is 2. The first-order valence-electron chi connectivity index (χ1n) is 10.4. The average Bonchev–Trinajstić information content (AvgIpc) is 2.59. The lowest BCUT2D eigenvalue weighted by atomic mass is 10.0. The van der Waals surface area contributed by atoms with Crippen LogP contribution in [0.4, 0.5) is 0 Å². The second-order valence-electron chi connectivity index (χ2n) is 7.39. The third-order valence-electron chi connectivity index (χ3n) is 4.63. The first-order chi connectivity index (χ1) is 12.8. The van der Waals surface area contributed by atoms with E-state index in [0.717, 1.165) is 49.8 Å². The number of carboxylic acids is 1. The second kappa shape index (κ2) is 15.6. The lowest BCUT2D eigenvalue weighted by Crippen LogP contribution is -2.44. The molecular weight excluding hydrogens is 346 g/mol. The predicted molar refractivity (Wildman–Crippen MR) is 107 cm³/mol. The van der Waals surface area contributed by atoms with E-state index in [9.17, 15) is 14.4 Å². The minimum atomic E-state index is -1.22. The molecule has 0 rings (SSSR count). The third kappa shape index (κ3) is 13.4. The highest BCUT2D eigenvalue weighted by Crippen LogP contribution is 2.11. The molecule has 0 unspecified atom stereocenters. The maximum Gasteiger partial charge on any atom is 0.323 e. The number of carboxylic acid groups (broad SMARTS) is 1. The van der Waals surface area contributed by atoms with Crippen molar-refractivity contribution in [3.8, 4) is 0 Å². The van der Waals surface area contributed by atoms with Crippen molar-refractivity contribution in [2.75, 3.05) is 6.54 Å². The summed E-state index contributed by atoms with van der Waals surface area (Å²) in [4.78, 5) is 36.7. The topological polar surface area (TPSA) is 127 Å². The first kappa shape index (κ1) is 25.5. The van der Waals surface area contributed by atoms with Crippen LogP contribution >= 0.6 is 0 Å². The van der Waals surface area contributed by atoms with Crippen molar-refractivity contribution in [1.29, 1.82) is 0 Å². The van der Waals surface area contributed by atoms with Crippen molar-refractivity contribution in [2.45, 2.75) is 103 Å². The molecule has 0 spiro atoms. The van der Waals surface area contributed by atoms with E-state index in [2.05, 4.69) is 13.8 Å². The molecule has 7 nitrogen and oxygen atoms in total. The zero-order valence-electron chi connectivity index (χ0n) is 17.1. The quantitative estimate of drug-likeness (QED) is 0.351. The molecule has 0 saturated carbocycles. The molecule has 158 valence electrons. The van der Waals surface area contributed by atoms with E-state index in [0.29, 0.717) is 12.8 Å². The van der Waals surface area contributed by atoms with E-state index >= 15 is 0 Å². The fourth-order valence-electron chi connectivity index (χ4n) is 2.99. The summed E-state index contributed by atoms with van der Waals surface area (Å²) in [6.07, 6.45) is 9.86. The molecule has 0 saturated heterocycles. The van der Waals surface area contributed by atoms with Gasteiger partial charge in [-0.2, -0.15) is 0 Å². The van der Waals surface area contributed by atoms with Gasteiger partial charge in [0.1, 0.15) is 6.54 Å². The Balaban J connectivity index is 4.52. The summed E-state index contributed by atoms with van der Waals surface area (Å²) in [7, 11) is 0. The summed E-state index contributed by atoms with van der Waals surface area (Å²) < 4.78 is 0. The molecule has 0 aliphatic heterocycles. The van der Waals surface area contributed by atoms with Gasteiger partial charge < -0.3 is 16.6 Å². The zero-order chi connectivity index (χ0) is 20.7. The van der Waals surface area contributed by atoms with Crippen LogP contribution in [0.3, 0.4) is 0 Å². The number of rotatable bonds is 16. The van der Waals surface area contributed by atoms with Crippen LogP contribution in [0, 0.1) is 0 Å². The van der Waals surface area contributed by atoms with Crippen LogP contribution in [0.1, 0.15) is 90.9 Å². The van der Waals surface area contributed by atoms with Crippen molar-refractivity contribution in [2.24, 2.45) is 11.5 Å². The Bertz CT molecular complexity index is 443. The van der Waals surface area contributed by atoms with E-state index in [1.54, 1.807) is 0 Å². The number of aliphatic carboxylic acids is 1. The Hall–Kier alpha value is -1.47. The van der Waals surface area contributed by atoms with E-state index in [1.807, 2.05) is 0 Å². The lowest BCUT2D eigenvalue weighted by Gasteiger charge is -2.22. The van der Waals surface area contributed by atoms with Crippen molar-refractivity contribution < 1.29 is 19.5 Å². The van der Waals surface area contributed by atoms with Crippen LogP contribution in [0.15, 0.2) is 0 Å². The van der Waals surface area contributed by atoms with Gasteiger partial charge in [-0.15, -0.1) is 0 Å². The van der Waals surface area contributed by atoms with Crippen LogP contribution in [-0.2, 0) is 14.4 Å².